The summed E-state index contributed by atoms with van der Waals surface area (Å²) in [5.74, 6) is -3.53. The molecule has 1 unspecified atom stereocenters. The zero-order chi connectivity index (χ0) is 21.1. The summed E-state index contributed by atoms with van der Waals surface area (Å²) in [4.78, 5) is 27.5. The number of aromatic amines is 1. The van der Waals surface area contributed by atoms with E-state index in [1.165, 1.54) is 14.0 Å². The number of carbonyl (C=O) groups is 1. The highest BCUT2D eigenvalue weighted by atomic mass is 35.5. The number of fused-ring (bicyclic) bond motifs is 1. The molecule has 29 heavy (non-hydrogen) atoms. The van der Waals surface area contributed by atoms with E-state index < -0.39 is 35.0 Å². The molecule has 1 amide bonds. The summed E-state index contributed by atoms with van der Waals surface area (Å²) >= 11 is 5.81. The highest BCUT2D eigenvalue weighted by Gasteiger charge is 2.22. The Kier molecular flexibility index (Phi) is 6.14. The van der Waals surface area contributed by atoms with Gasteiger partial charge in [-0.15, -0.1) is 0 Å². The Labute approximate surface area is 169 Å². The maximum Gasteiger partial charge on any atom is 0.257 e. The van der Waals surface area contributed by atoms with Crippen molar-refractivity contribution >= 4 is 28.4 Å². The summed E-state index contributed by atoms with van der Waals surface area (Å²) in [6.07, 6.45) is 0.174. The van der Waals surface area contributed by atoms with Crippen LogP contribution in [0.1, 0.15) is 22.8 Å². The number of rotatable bonds is 6. The molecule has 0 saturated heterocycles. The predicted molar refractivity (Wildman–Crippen MR) is 104 cm³/mol. The van der Waals surface area contributed by atoms with Crippen molar-refractivity contribution in [2.24, 2.45) is 0 Å². The third kappa shape index (κ3) is 4.38. The van der Waals surface area contributed by atoms with E-state index in [2.05, 4.69) is 10.3 Å². The second-order valence-electron chi connectivity index (χ2n) is 6.19. The van der Waals surface area contributed by atoms with Crippen molar-refractivity contribution in [1.29, 1.82) is 0 Å². The summed E-state index contributed by atoms with van der Waals surface area (Å²) in [5, 5.41) is 2.83. The third-order valence-corrected chi connectivity index (χ3v) is 4.50. The number of benzene rings is 2. The van der Waals surface area contributed by atoms with Crippen LogP contribution in [0.4, 0.5) is 8.78 Å². The van der Waals surface area contributed by atoms with Gasteiger partial charge in [0.05, 0.1) is 10.9 Å². The molecule has 3 rings (SSSR count). The first-order chi connectivity index (χ1) is 13.8. The summed E-state index contributed by atoms with van der Waals surface area (Å²) < 4.78 is 38.8. The zero-order valence-electron chi connectivity index (χ0n) is 15.5. The molecule has 0 saturated carbocycles. The van der Waals surface area contributed by atoms with Gasteiger partial charge < -0.3 is 19.8 Å². The number of amides is 1. The first-order valence-corrected chi connectivity index (χ1v) is 8.95. The van der Waals surface area contributed by atoms with Crippen LogP contribution in [0.25, 0.3) is 10.9 Å². The molecule has 0 aliphatic rings. The SMILES string of the molecule is COC(C)Oc1c(F)cc2c(=O)c(C(=O)NCc3ccc(Cl)cc3)c[nH]c2c1F. The van der Waals surface area contributed by atoms with Gasteiger partial charge in [0.1, 0.15) is 5.56 Å². The number of carbonyl (C=O) groups excluding carboxylic acids is 1. The normalized spacial score (nSPS) is 12.0. The monoisotopic (exact) mass is 422 g/mol. The van der Waals surface area contributed by atoms with Crippen molar-refractivity contribution in [3.63, 3.8) is 0 Å². The minimum Gasteiger partial charge on any atom is -0.459 e. The highest BCUT2D eigenvalue weighted by Crippen LogP contribution is 2.28. The van der Waals surface area contributed by atoms with Gasteiger partial charge >= 0.3 is 0 Å². The van der Waals surface area contributed by atoms with Crippen molar-refractivity contribution in [3.05, 3.63) is 74.5 Å². The smallest absolute Gasteiger partial charge is 0.257 e. The lowest BCUT2D eigenvalue weighted by molar-refractivity contribution is -0.0424. The van der Waals surface area contributed by atoms with E-state index in [4.69, 9.17) is 21.1 Å². The lowest BCUT2D eigenvalue weighted by atomic mass is 10.1. The molecule has 2 N–H and O–H groups in total. The fraction of sp³-hybridized carbons (Fsp3) is 0.200. The molecule has 3 aromatic rings. The number of nitrogens with one attached hydrogen (secondary N) is 2. The number of ether oxygens (including phenoxy) is 2. The minimum absolute atomic E-state index is 0.151. The first-order valence-electron chi connectivity index (χ1n) is 8.57. The maximum absolute atomic E-state index is 14.6. The van der Waals surface area contributed by atoms with E-state index in [-0.39, 0.29) is 23.0 Å². The lowest BCUT2D eigenvalue weighted by Gasteiger charge is -2.15. The van der Waals surface area contributed by atoms with Crippen LogP contribution in [-0.4, -0.2) is 24.3 Å². The molecule has 1 heterocycles. The molecule has 0 aliphatic carbocycles. The third-order valence-electron chi connectivity index (χ3n) is 4.25. The van der Waals surface area contributed by atoms with Crippen LogP contribution in [0, 0.1) is 11.6 Å². The van der Waals surface area contributed by atoms with Gasteiger partial charge in [0.25, 0.3) is 5.91 Å². The van der Waals surface area contributed by atoms with Crippen LogP contribution in [0.5, 0.6) is 5.75 Å². The van der Waals surface area contributed by atoms with Crippen LogP contribution >= 0.6 is 11.6 Å². The Morgan fingerprint density at radius 1 is 1.28 bits per heavy atom. The van der Waals surface area contributed by atoms with Gasteiger partial charge in [-0.3, -0.25) is 9.59 Å². The van der Waals surface area contributed by atoms with E-state index in [1.807, 2.05) is 0 Å². The van der Waals surface area contributed by atoms with Gasteiger partial charge in [-0.1, -0.05) is 23.7 Å². The molecule has 9 heteroatoms. The molecule has 0 spiro atoms. The van der Waals surface area contributed by atoms with Crippen LogP contribution in [-0.2, 0) is 11.3 Å². The van der Waals surface area contributed by atoms with Gasteiger partial charge in [-0.2, -0.15) is 0 Å². The van der Waals surface area contributed by atoms with Gasteiger partial charge in [0.2, 0.25) is 5.43 Å². The Balaban J connectivity index is 1.91. The average molecular weight is 423 g/mol. The number of halogens is 3. The first kappa shape index (κ1) is 20.8. The van der Waals surface area contributed by atoms with Gasteiger partial charge in [-0.05, 0) is 30.7 Å². The van der Waals surface area contributed by atoms with Crippen molar-refractivity contribution in [1.82, 2.24) is 10.3 Å². The fourth-order valence-corrected chi connectivity index (χ4v) is 2.77. The largest absolute Gasteiger partial charge is 0.459 e. The van der Waals surface area contributed by atoms with Gasteiger partial charge in [0.15, 0.2) is 23.7 Å². The molecule has 1 aromatic heterocycles. The van der Waals surface area contributed by atoms with E-state index in [1.54, 1.807) is 24.3 Å². The molecule has 0 radical (unpaired) electrons. The van der Waals surface area contributed by atoms with Gasteiger partial charge in [-0.25, -0.2) is 8.78 Å². The number of H-pyrrole nitrogens is 1. The second-order valence-corrected chi connectivity index (χ2v) is 6.62. The second kappa shape index (κ2) is 8.59. The minimum atomic E-state index is -1.09. The van der Waals surface area contributed by atoms with E-state index in [0.29, 0.717) is 5.02 Å². The summed E-state index contributed by atoms with van der Waals surface area (Å²) in [6.45, 7) is 1.61. The van der Waals surface area contributed by atoms with Crippen molar-refractivity contribution in [2.45, 2.75) is 19.8 Å². The van der Waals surface area contributed by atoms with Crippen molar-refractivity contribution in [2.75, 3.05) is 7.11 Å². The number of pyridine rings is 1. The van der Waals surface area contributed by atoms with Crippen LogP contribution in [0.3, 0.4) is 0 Å². The predicted octanol–water partition coefficient (Wildman–Crippen LogP) is 3.76. The number of hydrogen-bond acceptors (Lipinski definition) is 4. The van der Waals surface area contributed by atoms with E-state index >= 15 is 0 Å². The Morgan fingerprint density at radius 2 is 1.97 bits per heavy atom. The Morgan fingerprint density at radius 3 is 2.62 bits per heavy atom. The van der Waals surface area contributed by atoms with Crippen LogP contribution < -0.4 is 15.5 Å². The standard InChI is InChI=1S/C20H17ClF2N2O4/c1-10(28-2)29-19-15(22)7-13-17(16(19)23)24-9-14(18(13)26)20(27)25-8-11-3-5-12(21)6-4-11/h3-7,9-10H,8H2,1-2H3,(H,24,26)(H,25,27). The van der Waals surface area contributed by atoms with Crippen LogP contribution in [0.2, 0.25) is 5.02 Å². The highest BCUT2D eigenvalue weighted by molar-refractivity contribution is 6.30. The van der Waals surface area contributed by atoms with Gasteiger partial charge in [0, 0.05) is 24.9 Å². The lowest BCUT2D eigenvalue weighted by Crippen LogP contribution is -2.28. The topological polar surface area (TPSA) is 80.4 Å². The Bertz CT molecular complexity index is 1120. The summed E-state index contributed by atoms with van der Waals surface area (Å²) in [5.41, 5.74) is -0.587. The quantitative estimate of drug-likeness (QED) is 0.593. The zero-order valence-corrected chi connectivity index (χ0v) is 16.3. The average Bonchev–Trinajstić information content (AvgIpc) is 2.71. The summed E-state index contributed by atoms with van der Waals surface area (Å²) in [6, 6.07) is 7.61. The molecular weight excluding hydrogens is 406 g/mol. The number of aromatic nitrogens is 1. The fourth-order valence-electron chi connectivity index (χ4n) is 2.65. The molecule has 6 nitrogen and oxygen atoms in total. The maximum atomic E-state index is 14.6. The van der Waals surface area contributed by atoms with Crippen LogP contribution in [0.15, 0.2) is 41.3 Å². The molecule has 152 valence electrons. The molecule has 0 bridgehead atoms. The molecule has 0 aliphatic heterocycles. The van der Waals surface area contributed by atoms with E-state index in [0.717, 1.165) is 17.8 Å². The van der Waals surface area contributed by atoms with Crippen molar-refractivity contribution < 1.29 is 23.0 Å². The summed E-state index contributed by atoms with van der Waals surface area (Å²) in [7, 11) is 1.32. The number of methoxy groups -OCH3 is 1. The van der Waals surface area contributed by atoms with Crippen molar-refractivity contribution in [3.8, 4) is 5.75 Å². The molecule has 1 atom stereocenters. The number of hydrogen-bond donors (Lipinski definition) is 2. The molecule has 0 fully saturated rings. The molecule has 2 aromatic carbocycles. The molecular formula is C20H17ClF2N2O4. The Hall–Kier alpha value is -2.97. The van der Waals surface area contributed by atoms with E-state index in [9.17, 15) is 18.4 Å².